The van der Waals surface area contributed by atoms with Gasteiger partial charge in [-0.25, -0.2) is 19.3 Å². The number of aryl methyl sites for hydroxylation is 2. The Labute approximate surface area is 268 Å². The minimum atomic E-state index is -0.419. The van der Waals surface area contributed by atoms with Crippen LogP contribution in [0, 0.1) is 12.8 Å². The van der Waals surface area contributed by atoms with E-state index in [2.05, 4.69) is 20.6 Å². The molecule has 5 aromatic heterocycles. The Bertz CT molecular complexity index is 2140. The van der Waals surface area contributed by atoms with E-state index in [-0.39, 0.29) is 22.5 Å². The van der Waals surface area contributed by atoms with Crippen molar-refractivity contribution in [3.05, 3.63) is 101 Å². The minimum Gasteiger partial charge on any atom is -0.323 e. The number of rotatable bonds is 4. The molecule has 46 heavy (non-hydrogen) atoms. The van der Waals surface area contributed by atoms with E-state index in [9.17, 15) is 9.59 Å². The Morgan fingerprint density at radius 2 is 1.87 bits per heavy atom. The van der Waals surface area contributed by atoms with Crippen LogP contribution in [0.15, 0.2) is 78.6 Å². The molecule has 14 heteroatoms. The first-order chi connectivity index (χ1) is 22.2. The predicted octanol–water partition coefficient (Wildman–Crippen LogP) is 4.78. The van der Waals surface area contributed by atoms with Gasteiger partial charge in [-0.15, -0.1) is 5.10 Å². The molecule has 13 nitrogen and oxygen atoms in total. The van der Waals surface area contributed by atoms with Crippen LogP contribution in [-0.2, 0) is 11.8 Å². The fourth-order valence-corrected chi connectivity index (χ4v) is 5.91. The van der Waals surface area contributed by atoms with Crippen molar-refractivity contribution in [2.75, 3.05) is 5.32 Å². The second kappa shape index (κ2) is 11.8. The lowest BCUT2D eigenvalue weighted by Crippen LogP contribution is -2.27. The largest absolute Gasteiger partial charge is 0.323 e. The van der Waals surface area contributed by atoms with Crippen LogP contribution < -0.4 is 10.9 Å². The van der Waals surface area contributed by atoms with Gasteiger partial charge >= 0.3 is 0 Å². The summed E-state index contributed by atoms with van der Waals surface area (Å²) < 4.78 is 6.72. The van der Waals surface area contributed by atoms with Crippen LogP contribution in [0.5, 0.6) is 0 Å². The van der Waals surface area contributed by atoms with E-state index in [1.165, 1.54) is 6.07 Å². The average Bonchev–Trinajstić information content (AvgIpc) is 3.79. The van der Waals surface area contributed by atoms with E-state index < -0.39 is 6.04 Å². The zero-order chi connectivity index (χ0) is 31.9. The minimum absolute atomic E-state index is 0.0944. The highest BCUT2D eigenvalue weighted by molar-refractivity contribution is 6.29. The van der Waals surface area contributed by atoms with E-state index in [1.807, 2.05) is 55.8 Å². The van der Waals surface area contributed by atoms with Crippen molar-refractivity contribution in [1.29, 1.82) is 0 Å². The van der Waals surface area contributed by atoms with Crippen molar-refractivity contribution in [1.82, 2.24) is 48.9 Å². The number of nitrogens with one attached hydrogen (secondary N) is 1. The van der Waals surface area contributed by atoms with Gasteiger partial charge in [-0.3, -0.25) is 19.1 Å². The van der Waals surface area contributed by atoms with Crippen molar-refractivity contribution in [2.24, 2.45) is 13.0 Å². The molecular formula is C32H30ClN11O2. The van der Waals surface area contributed by atoms with Crippen molar-refractivity contribution in [3.63, 3.8) is 0 Å². The highest BCUT2D eigenvalue weighted by Gasteiger charge is 2.25. The summed E-state index contributed by atoms with van der Waals surface area (Å²) in [5.41, 5.74) is 5.31. The lowest BCUT2D eigenvalue weighted by atomic mass is 9.97. The van der Waals surface area contributed by atoms with Gasteiger partial charge in [0, 0.05) is 36.4 Å². The second-order valence-corrected chi connectivity index (χ2v) is 11.9. The zero-order valence-electron chi connectivity index (χ0n) is 25.4. The molecule has 1 N–H and O–H groups in total. The van der Waals surface area contributed by atoms with Crippen LogP contribution in [0.1, 0.15) is 43.5 Å². The number of halogens is 1. The molecule has 232 valence electrons. The molecule has 1 amide bonds. The molecule has 1 aliphatic heterocycles. The topological polar surface area (TPSA) is 143 Å². The van der Waals surface area contributed by atoms with E-state index in [0.29, 0.717) is 47.7 Å². The molecule has 1 aliphatic rings. The van der Waals surface area contributed by atoms with E-state index in [0.717, 1.165) is 22.5 Å². The molecule has 2 atom stereocenters. The van der Waals surface area contributed by atoms with Crippen LogP contribution in [0.3, 0.4) is 0 Å². The standard InChI is InChI=1S/C32H30ClN11O2/c1-19-7-8-26(43-16-28(33)38-40-43)22(11-19)23-13-30(45)42(18-36-23)27-6-4-5-20(2)32(46)37-25-15-44(29-14-34-17-41(29)3)39-31(25)21-9-10-35-24(27)12-21/h7-18,20,27H,4-6H2,1-3H3,(H,37,46)/t20-,27+/m1/s1. The van der Waals surface area contributed by atoms with Gasteiger partial charge in [-0.1, -0.05) is 41.8 Å². The van der Waals surface area contributed by atoms with Gasteiger partial charge < -0.3 is 9.88 Å². The summed E-state index contributed by atoms with van der Waals surface area (Å²) in [6.45, 7) is 3.88. The molecule has 0 aliphatic carbocycles. The molecular weight excluding hydrogens is 606 g/mol. The normalized spacial score (nSPS) is 16.7. The SMILES string of the molecule is Cc1ccc(-n2cc(Cl)nn2)c(-c2cc(=O)n([C@H]3CCC[C@@H](C)C(=O)Nc4cn(-c5cncn5C)nc4-c4ccnc3c4)cn2)c1. The number of carbonyl (C=O) groups is 1. The number of carbonyl (C=O) groups excluding carboxylic acids is 1. The fourth-order valence-electron chi connectivity index (χ4n) is 5.79. The third-order valence-electron chi connectivity index (χ3n) is 8.27. The lowest BCUT2D eigenvalue weighted by Gasteiger charge is -2.22. The summed E-state index contributed by atoms with van der Waals surface area (Å²) in [5, 5.41) is 16.2. The van der Waals surface area contributed by atoms with Crippen molar-refractivity contribution in [2.45, 2.75) is 39.2 Å². The molecule has 0 unspecified atom stereocenters. The van der Waals surface area contributed by atoms with Crippen LogP contribution >= 0.6 is 11.6 Å². The summed E-state index contributed by atoms with van der Waals surface area (Å²) in [7, 11) is 1.88. The number of hydrogen-bond acceptors (Lipinski definition) is 8. The molecule has 6 heterocycles. The number of hydrogen-bond donors (Lipinski definition) is 1. The number of benzene rings is 1. The van der Waals surface area contributed by atoms with Crippen molar-refractivity contribution < 1.29 is 4.79 Å². The summed E-state index contributed by atoms with van der Waals surface area (Å²) in [5.74, 6) is 0.386. The molecule has 0 radical (unpaired) electrons. The van der Waals surface area contributed by atoms with Crippen LogP contribution in [-0.4, -0.2) is 54.8 Å². The van der Waals surface area contributed by atoms with Gasteiger partial charge in [0.25, 0.3) is 5.56 Å². The van der Waals surface area contributed by atoms with Gasteiger partial charge in [0.2, 0.25) is 5.91 Å². The van der Waals surface area contributed by atoms with Gasteiger partial charge in [0.1, 0.15) is 5.69 Å². The molecule has 6 aromatic rings. The third kappa shape index (κ3) is 5.49. The van der Waals surface area contributed by atoms with E-state index in [4.69, 9.17) is 26.7 Å². The summed E-state index contributed by atoms with van der Waals surface area (Å²) in [6.07, 6.45) is 12.0. The van der Waals surface area contributed by atoms with Crippen LogP contribution in [0.2, 0.25) is 5.15 Å². The average molecular weight is 636 g/mol. The first kappa shape index (κ1) is 29.3. The van der Waals surface area contributed by atoms with Crippen LogP contribution in [0.4, 0.5) is 5.69 Å². The number of pyridine rings is 1. The molecule has 0 spiro atoms. The first-order valence-electron chi connectivity index (χ1n) is 14.9. The third-order valence-corrected chi connectivity index (χ3v) is 8.44. The maximum atomic E-state index is 13.9. The van der Waals surface area contributed by atoms with E-state index >= 15 is 0 Å². The Hall–Kier alpha value is -5.43. The second-order valence-electron chi connectivity index (χ2n) is 11.5. The Morgan fingerprint density at radius 1 is 1.00 bits per heavy atom. The monoisotopic (exact) mass is 635 g/mol. The number of fused-ring (bicyclic) bond motifs is 4. The molecule has 0 saturated heterocycles. The van der Waals surface area contributed by atoms with Gasteiger partial charge in [-0.2, -0.15) is 5.10 Å². The van der Waals surface area contributed by atoms with Gasteiger partial charge in [-0.05, 0) is 44.0 Å². The lowest BCUT2D eigenvalue weighted by molar-refractivity contribution is -0.119. The molecule has 7 rings (SSSR count). The number of nitrogens with zero attached hydrogens (tertiary/aromatic N) is 10. The highest BCUT2D eigenvalue weighted by atomic mass is 35.5. The fraction of sp³-hybridized carbons (Fsp3) is 0.250. The van der Waals surface area contributed by atoms with Crippen molar-refractivity contribution in [3.8, 4) is 34.0 Å². The summed E-state index contributed by atoms with van der Waals surface area (Å²) in [4.78, 5) is 40.8. The number of amides is 1. The maximum absolute atomic E-state index is 13.9. The molecule has 1 aromatic carbocycles. The first-order valence-corrected chi connectivity index (χ1v) is 15.2. The highest BCUT2D eigenvalue weighted by Crippen LogP contribution is 2.33. The smallest absolute Gasteiger partial charge is 0.254 e. The summed E-state index contributed by atoms with van der Waals surface area (Å²) in [6, 6.07) is 10.7. The van der Waals surface area contributed by atoms with Crippen molar-refractivity contribution >= 4 is 23.2 Å². The molecule has 0 fully saturated rings. The van der Waals surface area contributed by atoms with Gasteiger partial charge in [0.05, 0.1) is 60.0 Å². The molecule has 0 saturated carbocycles. The van der Waals surface area contributed by atoms with Crippen LogP contribution in [0.25, 0.3) is 34.0 Å². The Morgan fingerprint density at radius 3 is 2.63 bits per heavy atom. The number of aromatic nitrogens is 10. The molecule has 2 bridgehead atoms. The number of anilines is 1. The Balaban J connectivity index is 1.31. The Kier molecular flexibility index (Phi) is 7.53. The zero-order valence-corrected chi connectivity index (χ0v) is 26.1. The number of imidazole rings is 1. The maximum Gasteiger partial charge on any atom is 0.254 e. The predicted molar refractivity (Wildman–Crippen MR) is 172 cm³/mol. The quantitative estimate of drug-likeness (QED) is 0.291. The van der Waals surface area contributed by atoms with Gasteiger partial charge in [0.15, 0.2) is 11.0 Å². The van der Waals surface area contributed by atoms with E-state index in [1.54, 1.807) is 51.4 Å². The summed E-state index contributed by atoms with van der Waals surface area (Å²) >= 11 is 6.04.